The topological polar surface area (TPSA) is 99.7 Å². The second-order valence-corrected chi connectivity index (χ2v) is 4.98. The Morgan fingerprint density at radius 1 is 1.45 bits per heavy atom. The molecule has 20 heavy (non-hydrogen) atoms. The van der Waals surface area contributed by atoms with Gasteiger partial charge in [0.1, 0.15) is 18.3 Å². The van der Waals surface area contributed by atoms with E-state index in [0.29, 0.717) is 10.6 Å². The van der Waals surface area contributed by atoms with E-state index in [0.717, 1.165) is 0 Å². The predicted octanol–water partition coefficient (Wildman–Crippen LogP) is 2.78. The van der Waals surface area contributed by atoms with Crippen LogP contribution in [0.5, 0.6) is 0 Å². The lowest BCUT2D eigenvalue weighted by molar-refractivity contribution is 0.0242. The number of aromatic nitrogens is 3. The highest BCUT2D eigenvalue weighted by Crippen LogP contribution is 2.32. The Bertz CT molecular complexity index is 640. The molecular formula is C11H10Cl2N6O. The highest BCUT2D eigenvalue weighted by Gasteiger charge is 2.32. The fourth-order valence-electron chi connectivity index (χ4n) is 1.82. The second kappa shape index (κ2) is 6.11. The predicted molar refractivity (Wildman–Crippen MR) is 74.4 cm³/mol. The van der Waals surface area contributed by atoms with Gasteiger partial charge in [-0.25, -0.2) is 9.67 Å². The molecule has 104 valence electrons. The van der Waals surface area contributed by atoms with Gasteiger partial charge in [-0.2, -0.15) is 5.10 Å². The highest BCUT2D eigenvalue weighted by molar-refractivity contribution is 6.35. The van der Waals surface area contributed by atoms with Gasteiger partial charge in [0.15, 0.2) is 0 Å². The molecule has 0 bridgehead atoms. The fraction of sp³-hybridized carbons (Fsp3) is 0.273. The number of rotatable bonds is 5. The van der Waals surface area contributed by atoms with Gasteiger partial charge in [0.25, 0.3) is 0 Å². The van der Waals surface area contributed by atoms with Gasteiger partial charge in [0.2, 0.25) is 0 Å². The molecule has 2 rings (SSSR count). The Balaban J connectivity index is 2.42. The quantitative estimate of drug-likeness (QED) is 0.522. The Hall–Kier alpha value is -1.79. The summed E-state index contributed by atoms with van der Waals surface area (Å²) in [7, 11) is 0. The number of azide groups is 1. The maximum atomic E-state index is 10.8. The summed E-state index contributed by atoms with van der Waals surface area (Å²) in [6.07, 6.45) is 2.79. The summed E-state index contributed by atoms with van der Waals surface area (Å²) in [5, 5.41) is 18.9. The lowest BCUT2D eigenvalue weighted by atomic mass is 9.93. The largest absolute Gasteiger partial charge is 0.383 e. The minimum atomic E-state index is -1.50. The Morgan fingerprint density at radius 2 is 2.25 bits per heavy atom. The van der Waals surface area contributed by atoms with Crippen molar-refractivity contribution < 1.29 is 5.11 Å². The molecule has 0 aliphatic rings. The normalized spacial score (nSPS) is 13.6. The third kappa shape index (κ3) is 3.20. The summed E-state index contributed by atoms with van der Waals surface area (Å²) >= 11 is 11.9. The number of hydrogen-bond donors (Lipinski definition) is 1. The molecule has 1 N–H and O–H groups in total. The second-order valence-electron chi connectivity index (χ2n) is 4.14. The van der Waals surface area contributed by atoms with E-state index in [1.165, 1.54) is 23.4 Å². The lowest BCUT2D eigenvalue weighted by Crippen LogP contribution is -2.35. The Labute approximate surface area is 124 Å². The van der Waals surface area contributed by atoms with Crippen molar-refractivity contribution in [2.45, 2.75) is 12.1 Å². The first-order valence-electron chi connectivity index (χ1n) is 5.56. The van der Waals surface area contributed by atoms with Crippen LogP contribution in [0.25, 0.3) is 10.4 Å². The van der Waals surface area contributed by atoms with Crippen molar-refractivity contribution in [1.29, 1.82) is 0 Å². The molecule has 1 heterocycles. The summed E-state index contributed by atoms with van der Waals surface area (Å²) in [5.74, 6) is 0. The van der Waals surface area contributed by atoms with Crippen LogP contribution in [0.3, 0.4) is 0 Å². The first kappa shape index (κ1) is 14.6. The molecular weight excluding hydrogens is 303 g/mol. The minimum Gasteiger partial charge on any atom is -0.383 e. The number of halogens is 2. The van der Waals surface area contributed by atoms with Crippen LogP contribution < -0.4 is 0 Å². The molecule has 2 aromatic rings. The summed E-state index contributed by atoms with van der Waals surface area (Å²) in [6, 6.07) is 4.71. The Kier molecular flexibility index (Phi) is 4.46. The van der Waals surface area contributed by atoms with Gasteiger partial charge in [0.05, 0.1) is 13.1 Å². The summed E-state index contributed by atoms with van der Waals surface area (Å²) in [4.78, 5) is 6.47. The monoisotopic (exact) mass is 312 g/mol. The molecule has 0 amide bonds. The Morgan fingerprint density at radius 3 is 2.85 bits per heavy atom. The van der Waals surface area contributed by atoms with Crippen LogP contribution in [-0.4, -0.2) is 26.4 Å². The van der Waals surface area contributed by atoms with E-state index in [4.69, 9.17) is 28.7 Å². The third-order valence-corrected chi connectivity index (χ3v) is 3.27. The smallest absolute Gasteiger partial charge is 0.137 e. The molecule has 0 aliphatic heterocycles. The highest BCUT2D eigenvalue weighted by atomic mass is 35.5. The third-order valence-electron chi connectivity index (χ3n) is 2.72. The zero-order valence-electron chi connectivity index (χ0n) is 10.2. The van der Waals surface area contributed by atoms with E-state index in [2.05, 4.69) is 20.1 Å². The van der Waals surface area contributed by atoms with Crippen LogP contribution in [0.2, 0.25) is 10.0 Å². The average Bonchev–Trinajstić information content (AvgIpc) is 2.88. The van der Waals surface area contributed by atoms with E-state index in [-0.39, 0.29) is 18.1 Å². The van der Waals surface area contributed by atoms with Crippen LogP contribution in [0.4, 0.5) is 0 Å². The van der Waals surface area contributed by atoms with Gasteiger partial charge in [-0.1, -0.05) is 34.4 Å². The van der Waals surface area contributed by atoms with Crippen LogP contribution >= 0.6 is 23.2 Å². The molecule has 1 aromatic heterocycles. The molecule has 0 radical (unpaired) electrons. The molecule has 1 unspecified atom stereocenters. The maximum Gasteiger partial charge on any atom is 0.137 e. The van der Waals surface area contributed by atoms with Crippen molar-refractivity contribution in [2.75, 3.05) is 6.54 Å². The van der Waals surface area contributed by atoms with E-state index < -0.39 is 5.60 Å². The first-order chi connectivity index (χ1) is 9.55. The van der Waals surface area contributed by atoms with Crippen LogP contribution in [0, 0.1) is 0 Å². The maximum absolute atomic E-state index is 10.8. The van der Waals surface area contributed by atoms with Gasteiger partial charge >= 0.3 is 0 Å². The lowest BCUT2D eigenvalue weighted by Gasteiger charge is -2.27. The van der Waals surface area contributed by atoms with Gasteiger partial charge in [-0.3, -0.25) is 0 Å². The van der Waals surface area contributed by atoms with Crippen molar-refractivity contribution in [1.82, 2.24) is 14.8 Å². The van der Waals surface area contributed by atoms with Crippen molar-refractivity contribution in [3.05, 3.63) is 56.9 Å². The molecule has 1 atom stereocenters. The standard InChI is InChI=1S/C11H10Cl2N6O/c12-8-1-2-9(10(13)3-8)11(20,4-16-18-14)5-19-7-15-6-17-19/h1-3,6-7,20H,4-5H2. The molecule has 0 saturated carbocycles. The summed E-state index contributed by atoms with van der Waals surface area (Å²) in [5.41, 5.74) is 7.38. The number of aliphatic hydroxyl groups is 1. The van der Waals surface area contributed by atoms with Gasteiger partial charge < -0.3 is 5.11 Å². The van der Waals surface area contributed by atoms with E-state index in [1.54, 1.807) is 12.1 Å². The molecule has 1 aromatic carbocycles. The van der Waals surface area contributed by atoms with Crippen molar-refractivity contribution >= 4 is 23.2 Å². The molecule has 7 nitrogen and oxygen atoms in total. The fourth-order valence-corrected chi connectivity index (χ4v) is 2.40. The van der Waals surface area contributed by atoms with Gasteiger partial charge in [0, 0.05) is 20.5 Å². The van der Waals surface area contributed by atoms with Crippen LogP contribution in [0.15, 0.2) is 36.0 Å². The average molecular weight is 313 g/mol. The minimum absolute atomic E-state index is 0.0490. The first-order valence-corrected chi connectivity index (χ1v) is 6.32. The van der Waals surface area contributed by atoms with Gasteiger partial charge in [-0.15, -0.1) is 0 Å². The molecule has 0 aliphatic carbocycles. The van der Waals surface area contributed by atoms with Crippen LogP contribution in [-0.2, 0) is 12.1 Å². The van der Waals surface area contributed by atoms with E-state index in [9.17, 15) is 5.11 Å². The van der Waals surface area contributed by atoms with Gasteiger partial charge in [-0.05, 0) is 17.7 Å². The number of hydrogen-bond acceptors (Lipinski definition) is 4. The zero-order chi connectivity index (χ0) is 14.6. The van der Waals surface area contributed by atoms with Crippen molar-refractivity contribution in [2.24, 2.45) is 5.11 Å². The zero-order valence-corrected chi connectivity index (χ0v) is 11.7. The van der Waals surface area contributed by atoms with E-state index >= 15 is 0 Å². The number of benzene rings is 1. The molecule has 0 fully saturated rings. The molecule has 9 heteroatoms. The summed E-state index contributed by atoms with van der Waals surface area (Å²) in [6.45, 7) is -0.141. The molecule has 0 saturated heterocycles. The molecule has 0 spiro atoms. The van der Waals surface area contributed by atoms with Crippen LogP contribution in [0.1, 0.15) is 5.56 Å². The summed E-state index contributed by atoms with van der Waals surface area (Å²) < 4.78 is 1.43. The van der Waals surface area contributed by atoms with Crippen molar-refractivity contribution in [3.8, 4) is 0 Å². The number of nitrogens with zero attached hydrogens (tertiary/aromatic N) is 6. The SMILES string of the molecule is [N-]=[N+]=NCC(O)(Cn1cncn1)c1ccc(Cl)cc1Cl. The van der Waals surface area contributed by atoms with Crippen molar-refractivity contribution in [3.63, 3.8) is 0 Å². The van der Waals surface area contributed by atoms with E-state index in [1.807, 2.05) is 0 Å².